The van der Waals surface area contributed by atoms with Crippen LogP contribution >= 0.6 is 34.7 Å². The first-order chi connectivity index (χ1) is 19.0. The molecule has 1 fully saturated rings. The molecule has 5 aromatic rings. The summed E-state index contributed by atoms with van der Waals surface area (Å²) in [7, 11) is 0. The van der Waals surface area contributed by atoms with E-state index in [4.69, 9.17) is 22.0 Å². The Bertz CT molecular complexity index is 1830. The number of carbonyl (C=O) groups excluding carboxylic acids is 1. The molecule has 9 nitrogen and oxygen atoms in total. The lowest BCUT2D eigenvalue weighted by Gasteiger charge is -2.26. The summed E-state index contributed by atoms with van der Waals surface area (Å²) < 4.78 is 3.93. The van der Waals surface area contributed by atoms with Crippen LogP contribution in [0.4, 0.5) is 5.13 Å². The van der Waals surface area contributed by atoms with Gasteiger partial charge >= 0.3 is 0 Å². The van der Waals surface area contributed by atoms with Gasteiger partial charge in [0.1, 0.15) is 16.8 Å². The van der Waals surface area contributed by atoms with Gasteiger partial charge in [-0.1, -0.05) is 78.2 Å². The molecule has 1 saturated carbocycles. The molecule has 0 atom stereocenters. The third-order valence-corrected chi connectivity index (χ3v) is 9.27. The van der Waals surface area contributed by atoms with Gasteiger partial charge in [-0.25, -0.2) is 4.98 Å². The van der Waals surface area contributed by atoms with Crippen molar-refractivity contribution in [3.05, 3.63) is 86.7 Å². The van der Waals surface area contributed by atoms with Crippen molar-refractivity contribution >= 4 is 62.4 Å². The smallest absolute Gasteiger partial charge is 0.267 e. The highest BCUT2D eigenvalue weighted by atomic mass is 35.5. The molecule has 0 unspecified atom stereocenters. The highest BCUT2D eigenvalue weighted by Gasteiger charge is 2.24. The zero-order chi connectivity index (χ0) is 26.9. The summed E-state index contributed by atoms with van der Waals surface area (Å²) in [4.78, 5) is 31.7. The second kappa shape index (κ2) is 10.9. The number of anilines is 1. The van der Waals surface area contributed by atoms with Crippen molar-refractivity contribution in [3.8, 4) is 0 Å². The van der Waals surface area contributed by atoms with Crippen molar-refractivity contribution < 1.29 is 4.79 Å². The van der Waals surface area contributed by atoms with Crippen LogP contribution in [0.1, 0.15) is 54.1 Å². The Morgan fingerprint density at radius 1 is 1.13 bits per heavy atom. The van der Waals surface area contributed by atoms with Crippen molar-refractivity contribution in [2.24, 2.45) is 0 Å². The summed E-state index contributed by atoms with van der Waals surface area (Å²) in [5, 5.41) is 21.4. The van der Waals surface area contributed by atoms with Gasteiger partial charge in [0.2, 0.25) is 5.13 Å². The topological polar surface area (TPSA) is 118 Å². The molecule has 4 aromatic heterocycles. The zero-order valence-electron chi connectivity index (χ0n) is 20.8. The Kier molecular flexibility index (Phi) is 7.20. The SMILES string of the molecule is N=c1c(C(=O)Nc2nnc(SCc3ccccc3Cl)s2)cc2c(=O)n3ccccc3nc2n1C1CCCCC1. The molecule has 0 radical (unpaired) electrons. The second-order valence-electron chi connectivity index (χ2n) is 9.36. The van der Waals surface area contributed by atoms with Crippen LogP contribution in [0.3, 0.4) is 0 Å². The third kappa shape index (κ3) is 5.09. The number of thioether (sulfide) groups is 1. The molecular weight excluding hydrogens is 554 g/mol. The van der Waals surface area contributed by atoms with Gasteiger partial charge in [-0.2, -0.15) is 0 Å². The maximum absolute atomic E-state index is 13.5. The van der Waals surface area contributed by atoms with Crippen molar-refractivity contribution in [1.82, 2.24) is 24.1 Å². The van der Waals surface area contributed by atoms with Gasteiger partial charge in [0.05, 0.1) is 10.9 Å². The fourth-order valence-corrected chi connectivity index (χ4v) is 6.99. The van der Waals surface area contributed by atoms with Crippen LogP contribution in [0.15, 0.2) is 63.9 Å². The minimum absolute atomic E-state index is 0.00564. The van der Waals surface area contributed by atoms with E-state index in [9.17, 15) is 9.59 Å². The highest BCUT2D eigenvalue weighted by Crippen LogP contribution is 2.31. The number of aromatic nitrogens is 5. The Hall–Kier alpha value is -3.54. The number of hydrogen-bond donors (Lipinski definition) is 2. The van der Waals surface area contributed by atoms with Gasteiger partial charge in [-0.05, 0) is 42.7 Å². The Labute approximate surface area is 236 Å². The van der Waals surface area contributed by atoms with E-state index in [1.165, 1.54) is 33.6 Å². The first kappa shape index (κ1) is 25.7. The van der Waals surface area contributed by atoms with Crippen molar-refractivity contribution in [2.45, 2.75) is 48.2 Å². The van der Waals surface area contributed by atoms with Crippen LogP contribution in [0, 0.1) is 5.41 Å². The molecule has 0 spiro atoms. The quantitative estimate of drug-likeness (QED) is 0.152. The highest BCUT2D eigenvalue weighted by molar-refractivity contribution is 8.00. The third-order valence-electron chi connectivity index (χ3n) is 6.88. The van der Waals surface area contributed by atoms with Crippen molar-refractivity contribution in [1.29, 1.82) is 5.41 Å². The first-order valence-corrected chi connectivity index (χ1v) is 14.8. The van der Waals surface area contributed by atoms with Crippen LogP contribution in [-0.4, -0.2) is 30.1 Å². The van der Waals surface area contributed by atoms with E-state index in [1.54, 1.807) is 22.9 Å². The number of benzene rings is 1. The maximum atomic E-state index is 13.5. The summed E-state index contributed by atoms with van der Waals surface area (Å²) in [6.07, 6.45) is 6.59. The molecule has 6 rings (SSSR count). The molecule has 198 valence electrons. The number of nitrogens with zero attached hydrogens (tertiary/aromatic N) is 5. The minimum atomic E-state index is -0.511. The van der Waals surface area contributed by atoms with Gasteiger partial charge < -0.3 is 4.57 Å². The minimum Gasteiger partial charge on any atom is -0.307 e. The van der Waals surface area contributed by atoms with E-state index in [0.717, 1.165) is 37.7 Å². The summed E-state index contributed by atoms with van der Waals surface area (Å²) in [6, 6.07) is 14.4. The average molecular weight is 578 g/mol. The van der Waals surface area contributed by atoms with Crippen LogP contribution < -0.4 is 16.4 Å². The monoisotopic (exact) mass is 577 g/mol. The lowest BCUT2D eigenvalue weighted by molar-refractivity contribution is 0.102. The molecule has 39 heavy (non-hydrogen) atoms. The van der Waals surface area contributed by atoms with Crippen LogP contribution in [0.5, 0.6) is 0 Å². The molecular formula is C27H24ClN7O2S2. The van der Waals surface area contributed by atoms with Gasteiger partial charge in [-0.15, -0.1) is 10.2 Å². The predicted molar refractivity (Wildman–Crippen MR) is 154 cm³/mol. The molecule has 4 heterocycles. The second-order valence-corrected chi connectivity index (χ2v) is 12.0. The summed E-state index contributed by atoms with van der Waals surface area (Å²) in [5.74, 6) is 0.110. The van der Waals surface area contributed by atoms with Gasteiger partial charge in [0.25, 0.3) is 11.5 Å². The predicted octanol–water partition coefficient (Wildman–Crippen LogP) is 5.68. The van der Waals surface area contributed by atoms with Gasteiger partial charge in [0.15, 0.2) is 4.34 Å². The fourth-order valence-electron chi connectivity index (χ4n) is 4.96. The molecule has 2 N–H and O–H groups in total. The zero-order valence-corrected chi connectivity index (χ0v) is 23.2. The van der Waals surface area contributed by atoms with Gasteiger partial charge in [-0.3, -0.25) is 24.7 Å². The number of amides is 1. The summed E-state index contributed by atoms with van der Waals surface area (Å²) >= 11 is 8.97. The molecule has 0 saturated heterocycles. The van der Waals surface area contributed by atoms with E-state index < -0.39 is 5.91 Å². The molecule has 1 amide bonds. The number of halogens is 1. The molecule has 1 aliphatic rings. The molecule has 0 bridgehead atoms. The number of pyridine rings is 2. The van der Waals surface area contributed by atoms with Crippen LogP contribution in [0.2, 0.25) is 5.02 Å². The lowest BCUT2D eigenvalue weighted by atomic mass is 9.94. The van der Waals surface area contributed by atoms with Crippen molar-refractivity contribution in [2.75, 3.05) is 5.32 Å². The Balaban J connectivity index is 1.35. The molecule has 0 aliphatic heterocycles. The van der Waals surface area contributed by atoms with E-state index in [1.807, 2.05) is 30.3 Å². The van der Waals surface area contributed by atoms with E-state index in [0.29, 0.717) is 36.9 Å². The van der Waals surface area contributed by atoms with Crippen molar-refractivity contribution in [3.63, 3.8) is 0 Å². The largest absolute Gasteiger partial charge is 0.307 e. The lowest BCUT2D eigenvalue weighted by Crippen LogP contribution is -2.35. The van der Waals surface area contributed by atoms with E-state index in [2.05, 4.69) is 15.5 Å². The normalized spacial score (nSPS) is 14.2. The number of fused-ring (bicyclic) bond motifs is 2. The molecule has 1 aromatic carbocycles. The van der Waals surface area contributed by atoms with Gasteiger partial charge in [0, 0.05) is 23.0 Å². The average Bonchev–Trinajstić information content (AvgIpc) is 3.40. The fraction of sp³-hybridized carbons (Fsp3) is 0.259. The molecule has 12 heteroatoms. The van der Waals surface area contributed by atoms with E-state index in [-0.39, 0.29) is 22.7 Å². The Morgan fingerprint density at radius 3 is 2.74 bits per heavy atom. The standard InChI is InChI=1S/C27H24ClN7O2S2/c28-20-11-5-4-8-16(20)15-38-27-33-32-26(39-27)31-24(36)18-14-19-23(30-21-12-6-7-13-34(21)25(19)37)35(22(18)29)17-9-2-1-3-10-17/h4-8,11-14,17,29H,1-3,9-10,15H2,(H,31,32,36). The first-order valence-electron chi connectivity index (χ1n) is 12.6. The van der Waals surface area contributed by atoms with E-state index >= 15 is 0 Å². The van der Waals surface area contributed by atoms with Crippen LogP contribution in [-0.2, 0) is 5.75 Å². The number of rotatable bonds is 6. The molecule has 1 aliphatic carbocycles. The maximum Gasteiger partial charge on any atom is 0.267 e. The van der Waals surface area contributed by atoms with Crippen LogP contribution in [0.25, 0.3) is 16.7 Å². The number of hydrogen-bond acceptors (Lipinski definition) is 8. The number of carbonyl (C=O) groups is 1. The summed E-state index contributed by atoms with van der Waals surface area (Å²) in [5.41, 5.74) is 1.80. The Morgan fingerprint density at radius 2 is 1.92 bits per heavy atom. The summed E-state index contributed by atoms with van der Waals surface area (Å²) in [6.45, 7) is 0. The number of nitrogens with one attached hydrogen (secondary N) is 2.